The van der Waals surface area contributed by atoms with Gasteiger partial charge < -0.3 is 5.32 Å². The summed E-state index contributed by atoms with van der Waals surface area (Å²) in [6.45, 7) is 9.41. The lowest BCUT2D eigenvalue weighted by molar-refractivity contribution is 0.525. The van der Waals surface area contributed by atoms with E-state index in [9.17, 15) is 0 Å². The van der Waals surface area contributed by atoms with Crippen molar-refractivity contribution in [3.63, 3.8) is 0 Å². The number of rotatable bonds is 8. The van der Waals surface area contributed by atoms with E-state index in [1.165, 1.54) is 11.1 Å². The first-order valence-corrected chi connectivity index (χ1v) is 7.89. The minimum absolute atomic E-state index is 0.436. The molecule has 1 aromatic carbocycles. The Hall–Kier alpha value is -1.68. The van der Waals surface area contributed by atoms with Crippen molar-refractivity contribution in [1.29, 1.82) is 0 Å². The Morgan fingerprint density at radius 3 is 2.76 bits per heavy atom. The summed E-state index contributed by atoms with van der Waals surface area (Å²) >= 11 is 0. The lowest BCUT2D eigenvalue weighted by Gasteiger charge is -2.20. The van der Waals surface area contributed by atoms with Crippen molar-refractivity contribution in [2.75, 3.05) is 13.1 Å². The van der Waals surface area contributed by atoms with Gasteiger partial charge in [0.15, 0.2) is 0 Å². The number of aryl methyl sites for hydroxylation is 2. The lowest BCUT2D eigenvalue weighted by atomic mass is 9.91. The first-order chi connectivity index (χ1) is 10.3. The molecule has 0 aliphatic rings. The SMILES string of the molecule is CCCn1ncnc1CC(CNCC)c1ccccc1C. The zero-order chi connectivity index (χ0) is 15.1. The van der Waals surface area contributed by atoms with E-state index in [1.807, 2.05) is 4.68 Å². The maximum absolute atomic E-state index is 4.46. The first-order valence-electron chi connectivity index (χ1n) is 7.89. The molecule has 21 heavy (non-hydrogen) atoms. The van der Waals surface area contributed by atoms with Gasteiger partial charge in [0.1, 0.15) is 12.2 Å². The second kappa shape index (κ2) is 7.93. The molecule has 4 heteroatoms. The molecule has 0 spiro atoms. The molecule has 0 saturated carbocycles. The zero-order valence-electron chi connectivity index (χ0n) is 13.3. The second-order valence-corrected chi connectivity index (χ2v) is 5.46. The van der Waals surface area contributed by atoms with E-state index in [0.717, 1.165) is 38.3 Å². The Morgan fingerprint density at radius 1 is 1.24 bits per heavy atom. The van der Waals surface area contributed by atoms with Gasteiger partial charge in [0.25, 0.3) is 0 Å². The summed E-state index contributed by atoms with van der Waals surface area (Å²) in [4.78, 5) is 4.46. The summed E-state index contributed by atoms with van der Waals surface area (Å²) in [7, 11) is 0. The van der Waals surface area contributed by atoms with Crippen molar-refractivity contribution < 1.29 is 0 Å². The van der Waals surface area contributed by atoms with Crippen molar-refractivity contribution in [2.45, 2.75) is 46.1 Å². The van der Waals surface area contributed by atoms with Gasteiger partial charge in [-0.3, -0.25) is 4.68 Å². The molecular weight excluding hydrogens is 260 g/mol. The van der Waals surface area contributed by atoms with Crippen LogP contribution in [0.15, 0.2) is 30.6 Å². The van der Waals surface area contributed by atoms with Gasteiger partial charge in [0.2, 0.25) is 0 Å². The molecule has 0 fully saturated rings. The fraction of sp³-hybridized carbons (Fsp3) is 0.529. The van der Waals surface area contributed by atoms with Crippen LogP contribution in [-0.2, 0) is 13.0 Å². The minimum atomic E-state index is 0.436. The fourth-order valence-electron chi connectivity index (χ4n) is 2.72. The smallest absolute Gasteiger partial charge is 0.138 e. The minimum Gasteiger partial charge on any atom is -0.316 e. The summed E-state index contributed by atoms with van der Waals surface area (Å²) in [5.41, 5.74) is 2.76. The van der Waals surface area contributed by atoms with Gasteiger partial charge in [0.05, 0.1) is 0 Å². The normalized spacial score (nSPS) is 12.5. The highest BCUT2D eigenvalue weighted by atomic mass is 15.3. The molecule has 1 unspecified atom stereocenters. The van der Waals surface area contributed by atoms with Gasteiger partial charge in [-0.05, 0) is 31.0 Å². The van der Waals surface area contributed by atoms with Crippen LogP contribution in [0.5, 0.6) is 0 Å². The van der Waals surface area contributed by atoms with Gasteiger partial charge in [-0.1, -0.05) is 38.1 Å². The van der Waals surface area contributed by atoms with E-state index in [-0.39, 0.29) is 0 Å². The van der Waals surface area contributed by atoms with Crippen LogP contribution in [0, 0.1) is 6.92 Å². The van der Waals surface area contributed by atoms with Crippen LogP contribution in [0.4, 0.5) is 0 Å². The summed E-state index contributed by atoms with van der Waals surface area (Å²) < 4.78 is 2.04. The molecule has 1 heterocycles. The standard InChI is InChI=1S/C17H26N4/c1-4-10-21-17(19-13-20-21)11-15(12-18-5-2)16-9-7-6-8-14(16)3/h6-9,13,15,18H,4-5,10-12H2,1-3H3. The highest BCUT2D eigenvalue weighted by molar-refractivity contribution is 5.30. The third-order valence-electron chi connectivity index (χ3n) is 3.83. The average Bonchev–Trinajstić information content (AvgIpc) is 2.92. The second-order valence-electron chi connectivity index (χ2n) is 5.46. The lowest BCUT2D eigenvalue weighted by Crippen LogP contribution is -2.24. The zero-order valence-corrected chi connectivity index (χ0v) is 13.3. The van der Waals surface area contributed by atoms with Gasteiger partial charge in [-0.2, -0.15) is 5.10 Å². The highest BCUT2D eigenvalue weighted by Gasteiger charge is 2.17. The van der Waals surface area contributed by atoms with Gasteiger partial charge in [-0.15, -0.1) is 0 Å². The third kappa shape index (κ3) is 4.14. The monoisotopic (exact) mass is 286 g/mol. The van der Waals surface area contributed by atoms with Crippen LogP contribution in [0.3, 0.4) is 0 Å². The maximum Gasteiger partial charge on any atom is 0.138 e. The van der Waals surface area contributed by atoms with E-state index in [2.05, 4.69) is 60.4 Å². The van der Waals surface area contributed by atoms with Crippen LogP contribution < -0.4 is 5.32 Å². The van der Waals surface area contributed by atoms with E-state index in [0.29, 0.717) is 5.92 Å². The molecule has 1 atom stereocenters. The molecule has 1 N–H and O–H groups in total. The largest absolute Gasteiger partial charge is 0.316 e. The molecule has 0 radical (unpaired) electrons. The Labute approximate surface area is 127 Å². The molecule has 4 nitrogen and oxygen atoms in total. The van der Waals surface area contributed by atoms with Crippen LogP contribution in [-0.4, -0.2) is 27.9 Å². The molecule has 0 bridgehead atoms. The Kier molecular flexibility index (Phi) is 5.93. The summed E-state index contributed by atoms with van der Waals surface area (Å²) in [6, 6.07) is 8.64. The molecule has 0 aliphatic heterocycles. The van der Waals surface area contributed by atoms with E-state index in [4.69, 9.17) is 0 Å². The fourth-order valence-corrected chi connectivity index (χ4v) is 2.72. The topological polar surface area (TPSA) is 42.7 Å². The molecular formula is C17H26N4. The van der Waals surface area contributed by atoms with E-state index < -0.39 is 0 Å². The average molecular weight is 286 g/mol. The Bertz CT molecular complexity index is 547. The predicted molar refractivity (Wildman–Crippen MR) is 86.5 cm³/mol. The van der Waals surface area contributed by atoms with Crippen molar-refractivity contribution >= 4 is 0 Å². The van der Waals surface area contributed by atoms with Crippen molar-refractivity contribution in [3.8, 4) is 0 Å². The molecule has 2 rings (SSSR count). The highest BCUT2D eigenvalue weighted by Crippen LogP contribution is 2.22. The van der Waals surface area contributed by atoms with Crippen molar-refractivity contribution in [1.82, 2.24) is 20.1 Å². The summed E-state index contributed by atoms with van der Waals surface area (Å²) in [5.74, 6) is 1.52. The molecule has 0 aliphatic carbocycles. The van der Waals surface area contributed by atoms with Crippen LogP contribution in [0.1, 0.15) is 43.1 Å². The predicted octanol–water partition coefficient (Wildman–Crippen LogP) is 2.93. The summed E-state index contributed by atoms with van der Waals surface area (Å²) in [5, 5.41) is 7.82. The summed E-state index contributed by atoms with van der Waals surface area (Å²) in [6.07, 6.45) is 3.68. The van der Waals surface area contributed by atoms with Crippen LogP contribution >= 0.6 is 0 Å². The van der Waals surface area contributed by atoms with Gasteiger partial charge >= 0.3 is 0 Å². The molecule has 0 amide bonds. The number of hydrogen-bond acceptors (Lipinski definition) is 3. The molecule has 114 valence electrons. The van der Waals surface area contributed by atoms with Crippen LogP contribution in [0.2, 0.25) is 0 Å². The maximum atomic E-state index is 4.46. The number of aromatic nitrogens is 3. The quantitative estimate of drug-likeness (QED) is 0.811. The number of likely N-dealkylation sites (N-methyl/N-ethyl adjacent to an activating group) is 1. The number of hydrogen-bond donors (Lipinski definition) is 1. The Balaban J connectivity index is 2.20. The molecule has 2 aromatic rings. The van der Waals surface area contributed by atoms with E-state index in [1.54, 1.807) is 6.33 Å². The number of nitrogens with zero attached hydrogens (tertiary/aromatic N) is 3. The number of benzene rings is 1. The third-order valence-corrected chi connectivity index (χ3v) is 3.83. The Morgan fingerprint density at radius 2 is 2.05 bits per heavy atom. The van der Waals surface area contributed by atoms with Crippen molar-refractivity contribution in [2.24, 2.45) is 0 Å². The first kappa shape index (κ1) is 15.7. The van der Waals surface area contributed by atoms with Crippen molar-refractivity contribution in [3.05, 3.63) is 47.5 Å². The molecule has 1 aromatic heterocycles. The van der Waals surface area contributed by atoms with E-state index >= 15 is 0 Å². The number of nitrogens with one attached hydrogen (secondary N) is 1. The molecule has 0 saturated heterocycles. The van der Waals surface area contributed by atoms with Gasteiger partial charge in [-0.25, -0.2) is 4.98 Å². The van der Waals surface area contributed by atoms with Gasteiger partial charge in [0, 0.05) is 25.4 Å². The van der Waals surface area contributed by atoms with Crippen LogP contribution in [0.25, 0.3) is 0 Å².